The molecule has 3 nitrogen and oxygen atoms in total. The molecule has 2 aromatic rings. The predicted molar refractivity (Wildman–Crippen MR) is 68.0 cm³/mol. The molecule has 0 unspecified atom stereocenters. The summed E-state index contributed by atoms with van der Waals surface area (Å²) in [6.45, 7) is 3.87. The molecule has 0 fully saturated rings. The standard InChI is InChI=1S/C13H15NO2S/c1-10-4-3-5-12(6-10)8-17(15)9-13-7-11(2)16-14-13/h3-7H,8-9H2,1-2H3/t17-/m0/s1. The Kier molecular flexibility index (Phi) is 3.74. The third-order valence-corrected chi connectivity index (χ3v) is 3.67. The lowest BCUT2D eigenvalue weighted by Crippen LogP contribution is -1.99. The maximum atomic E-state index is 11.9. The third-order valence-electron chi connectivity index (χ3n) is 2.40. The smallest absolute Gasteiger partial charge is 0.133 e. The van der Waals surface area contributed by atoms with Gasteiger partial charge in [0.05, 0.1) is 11.4 Å². The van der Waals surface area contributed by atoms with E-state index in [2.05, 4.69) is 11.2 Å². The normalized spacial score (nSPS) is 12.6. The largest absolute Gasteiger partial charge is 0.361 e. The molecule has 2 rings (SSSR count). The van der Waals surface area contributed by atoms with E-state index < -0.39 is 10.8 Å². The molecule has 1 aromatic heterocycles. The van der Waals surface area contributed by atoms with Crippen LogP contribution in [-0.2, 0) is 22.3 Å². The molecule has 0 saturated heterocycles. The highest BCUT2D eigenvalue weighted by molar-refractivity contribution is 7.83. The molecule has 0 N–H and O–H groups in total. The molecule has 0 saturated carbocycles. The highest BCUT2D eigenvalue weighted by Gasteiger charge is 2.07. The van der Waals surface area contributed by atoms with E-state index in [0.29, 0.717) is 11.5 Å². The van der Waals surface area contributed by atoms with E-state index in [0.717, 1.165) is 17.0 Å². The van der Waals surface area contributed by atoms with Crippen molar-refractivity contribution in [3.63, 3.8) is 0 Å². The Hall–Kier alpha value is -1.42. The lowest BCUT2D eigenvalue weighted by Gasteiger charge is -2.01. The Morgan fingerprint density at radius 3 is 2.71 bits per heavy atom. The summed E-state index contributed by atoms with van der Waals surface area (Å²) < 4.78 is 16.9. The second-order valence-corrected chi connectivity index (χ2v) is 5.60. The van der Waals surface area contributed by atoms with Crippen LogP contribution in [0.3, 0.4) is 0 Å². The van der Waals surface area contributed by atoms with Gasteiger partial charge in [-0.1, -0.05) is 35.0 Å². The van der Waals surface area contributed by atoms with Gasteiger partial charge in [0.15, 0.2) is 0 Å². The maximum Gasteiger partial charge on any atom is 0.133 e. The lowest BCUT2D eigenvalue weighted by molar-refractivity contribution is 0.392. The minimum atomic E-state index is -0.939. The van der Waals surface area contributed by atoms with Gasteiger partial charge in [0.25, 0.3) is 0 Å². The number of aromatic nitrogens is 1. The van der Waals surface area contributed by atoms with E-state index in [9.17, 15) is 4.21 Å². The SMILES string of the molecule is Cc1cccc(C[S@](=O)Cc2cc(C)on2)c1. The summed E-state index contributed by atoms with van der Waals surface area (Å²) in [5, 5.41) is 3.85. The molecule has 0 amide bonds. The highest BCUT2D eigenvalue weighted by atomic mass is 32.2. The predicted octanol–water partition coefficient (Wildman–Crippen LogP) is 2.74. The minimum Gasteiger partial charge on any atom is -0.361 e. The van der Waals surface area contributed by atoms with Gasteiger partial charge in [-0.05, 0) is 19.4 Å². The van der Waals surface area contributed by atoms with Crippen LogP contribution >= 0.6 is 0 Å². The molecule has 1 atom stereocenters. The zero-order valence-corrected chi connectivity index (χ0v) is 10.8. The summed E-state index contributed by atoms with van der Waals surface area (Å²) >= 11 is 0. The summed E-state index contributed by atoms with van der Waals surface area (Å²) in [7, 11) is -0.939. The number of benzene rings is 1. The first-order valence-electron chi connectivity index (χ1n) is 5.46. The van der Waals surface area contributed by atoms with Crippen LogP contribution in [0.1, 0.15) is 22.6 Å². The number of hydrogen-bond acceptors (Lipinski definition) is 3. The van der Waals surface area contributed by atoms with Crippen molar-refractivity contribution in [3.05, 3.63) is 52.9 Å². The summed E-state index contributed by atoms with van der Waals surface area (Å²) in [6, 6.07) is 9.91. The molecule has 0 bridgehead atoms. The lowest BCUT2D eigenvalue weighted by atomic mass is 10.2. The minimum absolute atomic E-state index is 0.450. The van der Waals surface area contributed by atoms with Crippen LogP contribution in [-0.4, -0.2) is 9.37 Å². The summed E-state index contributed by atoms with van der Waals surface area (Å²) in [5.41, 5.74) is 3.05. The monoisotopic (exact) mass is 249 g/mol. The van der Waals surface area contributed by atoms with Gasteiger partial charge < -0.3 is 4.52 Å². The first kappa shape index (κ1) is 12.0. The van der Waals surface area contributed by atoms with Gasteiger partial charge in [-0.3, -0.25) is 4.21 Å². The topological polar surface area (TPSA) is 43.1 Å². The van der Waals surface area contributed by atoms with E-state index in [-0.39, 0.29) is 0 Å². The molecular formula is C13H15NO2S. The van der Waals surface area contributed by atoms with Crippen molar-refractivity contribution in [1.29, 1.82) is 0 Å². The summed E-state index contributed by atoms with van der Waals surface area (Å²) in [6.07, 6.45) is 0. The fourth-order valence-electron chi connectivity index (χ4n) is 1.69. The van der Waals surface area contributed by atoms with Gasteiger partial charge in [0.1, 0.15) is 5.76 Å². The number of nitrogens with zero attached hydrogens (tertiary/aromatic N) is 1. The molecular weight excluding hydrogens is 234 g/mol. The van der Waals surface area contributed by atoms with Gasteiger partial charge in [0.2, 0.25) is 0 Å². The molecule has 0 aliphatic rings. The molecule has 0 radical (unpaired) electrons. The van der Waals surface area contributed by atoms with Gasteiger partial charge in [-0.15, -0.1) is 0 Å². The van der Waals surface area contributed by atoms with Crippen LogP contribution in [0.25, 0.3) is 0 Å². The van der Waals surface area contributed by atoms with E-state index >= 15 is 0 Å². The summed E-state index contributed by atoms with van der Waals surface area (Å²) in [4.78, 5) is 0. The Labute approximate surface area is 103 Å². The summed E-state index contributed by atoms with van der Waals surface area (Å²) in [5.74, 6) is 1.77. The Morgan fingerprint density at radius 2 is 2.06 bits per heavy atom. The quantitative estimate of drug-likeness (QED) is 0.836. The van der Waals surface area contributed by atoms with Gasteiger partial charge >= 0.3 is 0 Å². The van der Waals surface area contributed by atoms with Gasteiger partial charge in [0, 0.05) is 22.6 Å². The third kappa shape index (κ3) is 3.53. The fourth-order valence-corrected chi connectivity index (χ4v) is 2.81. The van der Waals surface area contributed by atoms with Crippen molar-refractivity contribution in [2.75, 3.05) is 0 Å². The van der Waals surface area contributed by atoms with Gasteiger partial charge in [-0.25, -0.2) is 0 Å². The molecule has 17 heavy (non-hydrogen) atoms. The van der Waals surface area contributed by atoms with Crippen LogP contribution in [0.15, 0.2) is 34.9 Å². The first-order chi connectivity index (χ1) is 8.13. The van der Waals surface area contributed by atoms with E-state index in [1.807, 2.05) is 38.1 Å². The zero-order valence-electron chi connectivity index (χ0n) is 9.97. The van der Waals surface area contributed by atoms with Gasteiger partial charge in [-0.2, -0.15) is 0 Å². The number of aryl methyl sites for hydroxylation is 2. The average molecular weight is 249 g/mol. The number of hydrogen-bond donors (Lipinski definition) is 0. The molecule has 0 spiro atoms. The molecule has 1 aromatic carbocycles. The Bertz CT molecular complexity index is 534. The molecule has 4 heteroatoms. The highest BCUT2D eigenvalue weighted by Crippen LogP contribution is 2.10. The molecule has 90 valence electrons. The second-order valence-electron chi connectivity index (χ2n) is 4.15. The first-order valence-corrected chi connectivity index (χ1v) is 6.95. The van der Waals surface area contributed by atoms with E-state index in [1.165, 1.54) is 5.56 Å². The molecule has 1 heterocycles. The van der Waals surface area contributed by atoms with E-state index in [1.54, 1.807) is 0 Å². The van der Waals surface area contributed by atoms with Crippen molar-refractivity contribution in [3.8, 4) is 0 Å². The zero-order chi connectivity index (χ0) is 12.3. The number of rotatable bonds is 4. The van der Waals surface area contributed by atoms with Crippen LogP contribution in [0.5, 0.6) is 0 Å². The molecule has 0 aliphatic heterocycles. The Morgan fingerprint density at radius 1 is 1.24 bits per heavy atom. The van der Waals surface area contributed by atoms with Crippen LogP contribution in [0.2, 0.25) is 0 Å². The van der Waals surface area contributed by atoms with Crippen LogP contribution < -0.4 is 0 Å². The van der Waals surface area contributed by atoms with Crippen LogP contribution in [0.4, 0.5) is 0 Å². The van der Waals surface area contributed by atoms with Crippen molar-refractivity contribution < 1.29 is 8.73 Å². The van der Waals surface area contributed by atoms with Crippen LogP contribution in [0, 0.1) is 13.8 Å². The Balaban J connectivity index is 1.98. The van der Waals surface area contributed by atoms with E-state index in [4.69, 9.17) is 4.52 Å². The second kappa shape index (κ2) is 5.27. The average Bonchev–Trinajstić information content (AvgIpc) is 2.63. The molecule has 0 aliphatic carbocycles. The van der Waals surface area contributed by atoms with Crippen molar-refractivity contribution in [2.24, 2.45) is 0 Å². The van der Waals surface area contributed by atoms with Crippen molar-refractivity contribution >= 4 is 10.8 Å². The maximum absolute atomic E-state index is 11.9. The van der Waals surface area contributed by atoms with Crippen molar-refractivity contribution in [2.45, 2.75) is 25.4 Å². The van der Waals surface area contributed by atoms with Crippen molar-refractivity contribution in [1.82, 2.24) is 5.16 Å². The fraction of sp³-hybridized carbons (Fsp3) is 0.308.